The lowest BCUT2D eigenvalue weighted by Gasteiger charge is -1.95. The molecule has 8 N–H and O–H groups in total. The van der Waals surface area contributed by atoms with Gasteiger partial charge in [-0.15, -0.1) is 6.42 Å². The highest BCUT2D eigenvalue weighted by Gasteiger charge is 2.06. The van der Waals surface area contributed by atoms with Gasteiger partial charge in [-0.25, -0.2) is 0 Å². The van der Waals surface area contributed by atoms with Gasteiger partial charge in [0, 0.05) is 0 Å². The van der Waals surface area contributed by atoms with Crippen molar-refractivity contribution in [2.75, 3.05) is 59.5 Å². The zero-order valence-electron chi connectivity index (χ0n) is 17.0. The first-order chi connectivity index (χ1) is 14.2. The van der Waals surface area contributed by atoms with Crippen LogP contribution in [0.5, 0.6) is 0 Å². The smallest absolute Gasteiger partial charge is 0.294 e. The van der Waals surface area contributed by atoms with E-state index >= 15 is 0 Å². The minimum absolute atomic E-state index is 0.0433. The average Bonchev–Trinajstić information content (AvgIpc) is 2.74. The van der Waals surface area contributed by atoms with Crippen molar-refractivity contribution < 1.29 is 53.5 Å². The predicted molar refractivity (Wildman–Crippen MR) is 110 cm³/mol. The number of hydrogen-bond donors (Lipinski definition) is 8. The normalized spacial score (nSPS) is 9.07. The lowest BCUT2D eigenvalue weighted by molar-refractivity contribution is 0.115. The third-order valence-electron chi connectivity index (χ3n) is 2.04. The number of ether oxygens (including phenoxy) is 1. The SMILES string of the molecule is C#CCOCCO.Cc1ccc(S(=O)(=O)O)cc1.OCCO.OCCO.OCCO. The van der Waals surface area contributed by atoms with E-state index in [0.29, 0.717) is 13.2 Å². The summed E-state index contributed by atoms with van der Waals surface area (Å²) >= 11 is 0. The Morgan fingerprint density at radius 3 is 1.40 bits per heavy atom. The fourth-order valence-electron chi connectivity index (χ4n) is 0.906. The van der Waals surface area contributed by atoms with E-state index in [1.54, 1.807) is 12.1 Å². The van der Waals surface area contributed by atoms with Gasteiger partial charge in [-0.2, -0.15) is 8.42 Å². The van der Waals surface area contributed by atoms with E-state index in [9.17, 15) is 8.42 Å². The van der Waals surface area contributed by atoms with Crippen LogP contribution in [0.1, 0.15) is 5.56 Å². The summed E-state index contributed by atoms with van der Waals surface area (Å²) < 4.78 is 34.2. The van der Waals surface area contributed by atoms with Gasteiger partial charge in [-0.1, -0.05) is 23.6 Å². The minimum Gasteiger partial charge on any atom is -0.394 e. The van der Waals surface area contributed by atoms with Gasteiger partial charge >= 0.3 is 0 Å². The lowest BCUT2D eigenvalue weighted by atomic mass is 10.2. The van der Waals surface area contributed by atoms with Crippen LogP contribution < -0.4 is 0 Å². The first-order valence-electron chi connectivity index (χ1n) is 8.47. The van der Waals surface area contributed by atoms with Crippen LogP contribution in [0.2, 0.25) is 0 Å². The van der Waals surface area contributed by atoms with Gasteiger partial charge in [0.15, 0.2) is 0 Å². The number of aliphatic hydroxyl groups is 7. The van der Waals surface area contributed by atoms with E-state index in [1.807, 2.05) is 6.92 Å². The van der Waals surface area contributed by atoms with Gasteiger partial charge in [0.25, 0.3) is 10.1 Å². The Morgan fingerprint density at radius 2 is 1.17 bits per heavy atom. The summed E-state index contributed by atoms with van der Waals surface area (Å²) in [5.41, 5.74) is 0.956. The molecule has 0 atom stereocenters. The molecule has 0 heterocycles. The number of hydrogen-bond acceptors (Lipinski definition) is 10. The molecule has 30 heavy (non-hydrogen) atoms. The Balaban J connectivity index is -0.000000154. The molecule has 0 fully saturated rings. The van der Waals surface area contributed by atoms with E-state index in [2.05, 4.69) is 10.7 Å². The maximum atomic E-state index is 10.5. The maximum Gasteiger partial charge on any atom is 0.294 e. The van der Waals surface area contributed by atoms with Gasteiger partial charge in [0.1, 0.15) is 6.61 Å². The van der Waals surface area contributed by atoms with E-state index in [0.717, 1.165) is 5.56 Å². The van der Waals surface area contributed by atoms with Crippen molar-refractivity contribution in [3.63, 3.8) is 0 Å². The number of aliphatic hydroxyl groups excluding tert-OH is 7. The van der Waals surface area contributed by atoms with Gasteiger partial charge in [0.2, 0.25) is 0 Å². The molecule has 1 aromatic carbocycles. The first kappa shape index (κ1) is 35.8. The standard InChI is InChI=1S/C7H8O3S.C5H8O2.3C2H6O2/c1-6-2-4-7(5-3-6)11(8,9)10;1-2-4-7-5-3-6;3*3-1-2-4/h2-5H,1H3,(H,8,9,10);1,6H,3-5H2;3*3-4H,1-2H2. The molecule has 0 bridgehead atoms. The molecule has 178 valence electrons. The average molecular weight is 459 g/mol. The Morgan fingerprint density at radius 1 is 0.800 bits per heavy atom. The summed E-state index contributed by atoms with van der Waals surface area (Å²) in [6.07, 6.45) is 4.81. The van der Waals surface area contributed by atoms with Crippen molar-refractivity contribution in [3.05, 3.63) is 29.8 Å². The summed E-state index contributed by atoms with van der Waals surface area (Å²) in [6, 6.07) is 5.99. The fourth-order valence-corrected chi connectivity index (χ4v) is 1.39. The van der Waals surface area contributed by atoms with Crippen LogP contribution in [0.4, 0.5) is 0 Å². The number of benzene rings is 1. The number of aryl methyl sites for hydroxylation is 1. The summed E-state index contributed by atoms with van der Waals surface area (Å²) in [4.78, 5) is -0.0666. The van der Waals surface area contributed by atoms with Gasteiger partial charge in [-0.05, 0) is 19.1 Å². The second kappa shape index (κ2) is 29.6. The molecule has 0 unspecified atom stereocenters. The van der Waals surface area contributed by atoms with Crippen LogP contribution in [0.25, 0.3) is 0 Å². The van der Waals surface area contributed by atoms with Crippen LogP contribution in [-0.4, -0.2) is 108 Å². The van der Waals surface area contributed by atoms with Gasteiger partial charge < -0.3 is 40.5 Å². The zero-order chi connectivity index (χ0) is 24.3. The largest absolute Gasteiger partial charge is 0.394 e. The van der Waals surface area contributed by atoms with Crippen molar-refractivity contribution in [3.8, 4) is 12.3 Å². The molecule has 11 nitrogen and oxygen atoms in total. The third-order valence-corrected chi connectivity index (χ3v) is 2.91. The maximum absolute atomic E-state index is 10.5. The van der Waals surface area contributed by atoms with Crippen LogP contribution in [0, 0.1) is 19.3 Å². The molecule has 0 saturated carbocycles. The summed E-state index contributed by atoms with van der Waals surface area (Å²) in [7, 11) is -4.02. The summed E-state index contributed by atoms with van der Waals surface area (Å²) in [6.45, 7) is 1.76. The molecule has 0 amide bonds. The highest BCUT2D eigenvalue weighted by molar-refractivity contribution is 7.85. The molecule has 0 aliphatic carbocycles. The van der Waals surface area contributed by atoms with Crippen molar-refractivity contribution >= 4 is 10.1 Å². The molecule has 0 aliphatic rings. The Hall–Kier alpha value is -1.63. The quantitative estimate of drug-likeness (QED) is 0.125. The van der Waals surface area contributed by atoms with Crippen LogP contribution in [-0.2, 0) is 14.9 Å². The van der Waals surface area contributed by atoms with E-state index in [-0.39, 0.29) is 51.1 Å². The summed E-state index contributed by atoms with van der Waals surface area (Å²) in [5.74, 6) is 2.27. The first-order valence-corrected chi connectivity index (χ1v) is 9.91. The monoisotopic (exact) mass is 458 g/mol. The molecular weight excluding hydrogens is 424 g/mol. The van der Waals surface area contributed by atoms with Crippen LogP contribution >= 0.6 is 0 Å². The highest BCUT2D eigenvalue weighted by atomic mass is 32.2. The number of terminal acetylenes is 1. The fraction of sp³-hybridized carbons (Fsp3) is 0.556. The van der Waals surface area contributed by atoms with E-state index in [4.69, 9.17) is 46.7 Å². The van der Waals surface area contributed by atoms with Crippen molar-refractivity contribution in [1.82, 2.24) is 0 Å². The highest BCUT2D eigenvalue weighted by Crippen LogP contribution is 2.08. The van der Waals surface area contributed by atoms with Crippen LogP contribution in [0.3, 0.4) is 0 Å². The van der Waals surface area contributed by atoms with E-state index in [1.165, 1.54) is 12.1 Å². The predicted octanol–water partition coefficient (Wildman–Crippen LogP) is -2.22. The lowest BCUT2D eigenvalue weighted by Crippen LogP contribution is -1.97. The third kappa shape index (κ3) is 37.2. The van der Waals surface area contributed by atoms with Gasteiger partial charge in [-0.3, -0.25) is 4.55 Å². The molecule has 0 spiro atoms. The molecule has 0 saturated heterocycles. The molecule has 1 rings (SSSR count). The van der Waals surface area contributed by atoms with Crippen molar-refractivity contribution in [1.29, 1.82) is 0 Å². The Kier molecular flexibility index (Phi) is 35.3. The molecule has 0 aliphatic heterocycles. The van der Waals surface area contributed by atoms with Crippen LogP contribution in [0.15, 0.2) is 29.2 Å². The minimum atomic E-state index is -4.02. The summed E-state index contributed by atoms with van der Waals surface area (Å²) in [5, 5.41) is 53.8. The Labute approximate surface area is 177 Å². The topological polar surface area (TPSA) is 205 Å². The molecule has 0 radical (unpaired) electrons. The van der Waals surface area contributed by atoms with Crippen molar-refractivity contribution in [2.24, 2.45) is 0 Å². The van der Waals surface area contributed by atoms with E-state index < -0.39 is 10.1 Å². The second-order valence-corrected chi connectivity index (χ2v) is 6.03. The molecular formula is C18H34O11S. The molecule has 1 aromatic rings. The van der Waals surface area contributed by atoms with Crippen molar-refractivity contribution in [2.45, 2.75) is 11.8 Å². The molecule has 12 heteroatoms. The molecule has 0 aromatic heterocycles. The Bertz CT molecular complexity index is 553. The zero-order valence-corrected chi connectivity index (χ0v) is 17.8. The number of rotatable bonds is 7. The van der Waals surface area contributed by atoms with Gasteiger partial charge in [0.05, 0.1) is 57.8 Å². The second-order valence-electron chi connectivity index (χ2n) is 4.61.